The van der Waals surface area contributed by atoms with Gasteiger partial charge in [-0.1, -0.05) is 80.2 Å². The van der Waals surface area contributed by atoms with E-state index in [4.69, 9.17) is 36.6 Å². The molecular formula is C51H48N10O6. The lowest BCUT2D eigenvalue weighted by atomic mass is 9.92. The van der Waals surface area contributed by atoms with E-state index in [9.17, 15) is 19.7 Å². The van der Waals surface area contributed by atoms with E-state index in [1.165, 1.54) is 6.07 Å². The fourth-order valence-corrected chi connectivity index (χ4v) is 8.40. The molecule has 2 atom stereocenters. The number of benzene rings is 6. The number of rotatable bonds is 11. The molecule has 338 valence electrons. The van der Waals surface area contributed by atoms with E-state index < -0.39 is 16.7 Å². The van der Waals surface area contributed by atoms with Crippen LogP contribution in [0.3, 0.4) is 0 Å². The standard InChI is InChI=1S/C25H21N5O4.C25H23N5O2.CH4/c26-24(31)23-22(16-10-12-18(13-11-16)34-17-6-2-1-3-7-17)28-25-20(14-15-27-29(23)25)19-8-4-5-9-21(19)30(32)33;26-21-9-5-4-8-19(21)20-14-15-28-30-23(24(27)31)22(29-25(20)30)16-10-12-18(13-11-16)32-17-6-2-1-3-7-17;/h1-13,20,27H,14-15H2,(H2,26,31);1-13,20,28H,14-15,26H2,(H2,27,31);1H4. The first-order chi connectivity index (χ1) is 32.1. The lowest BCUT2D eigenvalue weighted by Gasteiger charge is -2.26. The number of nitrogens with one attached hydrogen (secondary N) is 2. The number of aromatic nitrogens is 4. The van der Waals surface area contributed by atoms with Gasteiger partial charge >= 0.3 is 0 Å². The van der Waals surface area contributed by atoms with Crippen LogP contribution in [-0.4, -0.2) is 49.1 Å². The molecule has 0 saturated carbocycles. The summed E-state index contributed by atoms with van der Waals surface area (Å²) in [4.78, 5) is 45.7. The molecule has 0 aliphatic carbocycles. The van der Waals surface area contributed by atoms with Crippen LogP contribution >= 0.6 is 0 Å². The molecule has 4 heterocycles. The van der Waals surface area contributed by atoms with Crippen LogP contribution in [0.4, 0.5) is 11.4 Å². The topological polar surface area (TPSA) is 233 Å². The van der Waals surface area contributed by atoms with Gasteiger partial charge in [0.15, 0.2) is 11.4 Å². The molecule has 2 unspecified atom stereocenters. The Bertz CT molecular complexity index is 3050. The summed E-state index contributed by atoms with van der Waals surface area (Å²) in [6.07, 6.45) is 1.40. The third kappa shape index (κ3) is 9.22. The molecule has 0 radical (unpaired) electrons. The Morgan fingerprint density at radius 3 is 1.39 bits per heavy atom. The van der Waals surface area contributed by atoms with E-state index in [0.717, 1.165) is 29.1 Å². The minimum atomic E-state index is -0.644. The molecule has 0 spiro atoms. The Kier molecular flexibility index (Phi) is 13.0. The van der Waals surface area contributed by atoms with E-state index in [1.807, 2.05) is 109 Å². The number of nitro benzene ring substituents is 1. The Morgan fingerprint density at radius 2 is 0.955 bits per heavy atom. The van der Waals surface area contributed by atoms with Gasteiger partial charge in [-0.25, -0.2) is 19.3 Å². The van der Waals surface area contributed by atoms with Gasteiger partial charge in [-0.2, -0.15) is 0 Å². The van der Waals surface area contributed by atoms with Crippen LogP contribution in [0, 0.1) is 10.1 Å². The predicted molar refractivity (Wildman–Crippen MR) is 257 cm³/mol. The van der Waals surface area contributed by atoms with Gasteiger partial charge in [-0.15, -0.1) is 0 Å². The molecule has 2 aliphatic heterocycles. The number of nitrogens with zero attached hydrogens (tertiary/aromatic N) is 5. The van der Waals surface area contributed by atoms with Crippen molar-refractivity contribution in [1.82, 2.24) is 19.3 Å². The van der Waals surface area contributed by atoms with Gasteiger partial charge < -0.3 is 37.5 Å². The summed E-state index contributed by atoms with van der Waals surface area (Å²) in [6, 6.07) is 48.0. The number of nitrogens with two attached hydrogens (primary N) is 3. The number of amides is 2. The van der Waals surface area contributed by atoms with Gasteiger partial charge in [0.05, 0.1) is 10.8 Å². The average molecular weight is 897 g/mol. The Hall–Kier alpha value is -8.92. The molecule has 6 aromatic carbocycles. The lowest BCUT2D eigenvalue weighted by molar-refractivity contribution is -0.385. The Balaban J connectivity index is 0.000000179. The van der Waals surface area contributed by atoms with E-state index in [0.29, 0.717) is 76.5 Å². The first-order valence-corrected chi connectivity index (χ1v) is 21.2. The maximum Gasteiger partial charge on any atom is 0.273 e. The number of fused-ring (bicyclic) bond motifs is 2. The molecule has 2 aromatic heterocycles. The molecule has 0 bridgehead atoms. The molecule has 67 heavy (non-hydrogen) atoms. The summed E-state index contributed by atoms with van der Waals surface area (Å²) >= 11 is 0. The summed E-state index contributed by atoms with van der Waals surface area (Å²) in [7, 11) is 0. The summed E-state index contributed by atoms with van der Waals surface area (Å²) < 4.78 is 15.0. The molecule has 16 nitrogen and oxygen atoms in total. The molecule has 8 aromatic rings. The zero-order chi connectivity index (χ0) is 45.7. The zero-order valence-electron chi connectivity index (χ0n) is 35.4. The van der Waals surface area contributed by atoms with Gasteiger partial charge in [0.25, 0.3) is 17.5 Å². The quantitative estimate of drug-likeness (QED) is 0.0466. The summed E-state index contributed by atoms with van der Waals surface area (Å²) in [5.41, 5.74) is 29.4. The first kappa shape index (κ1) is 44.7. The number of hydrogen-bond acceptors (Lipinski definition) is 11. The predicted octanol–water partition coefficient (Wildman–Crippen LogP) is 9.17. The monoisotopic (exact) mass is 896 g/mol. The average Bonchev–Trinajstić information content (AvgIpc) is 3.94. The maximum atomic E-state index is 12.4. The van der Waals surface area contributed by atoms with E-state index in [2.05, 4.69) is 10.9 Å². The van der Waals surface area contributed by atoms with Gasteiger partial charge in [0.2, 0.25) is 0 Å². The zero-order valence-corrected chi connectivity index (χ0v) is 35.4. The van der Waals surface area contributed by atoms with E-state index >= 15 is 0 Å². The molecule has 2 aliphatic rings. The van der Waals surface area contributed by atoms with Crippen molar-refractivity contribution in [3.05, 3.63) is 202 Å². The van der Waals surface area contributed by atoms with Crippen LogP contribution < -0.4 is 37.5 Å². The van der Waals surface area contributed by atoms with Crippen molar-refractivity contribution in [3.8, 4) is 45.5 Å². The van der Waals surface area contributed by atoms with Crippen LogP contribution in [0.2, 0.25) is 0 Å². The van der Waals surface area contributed by atoms with Crippen molar-refractivity contribution in [3.63, 3.8) is 0 Å². The summed E-state index contributed by atoms with van der Waals surface area (Å²) in [5.74, 6) is 2.43. The fourth-order valence-electron chi connectivity index (χ4n) is 8.40. The van der Waals surface area contributed by atoms with Crippen molar-refractivity contribution in [2.24, 2.45) is 11.5 Å². The molecule has 16 heteroatoms. The van der Waals surface area contributed by atoms with Crippen molar-refractivity contribution in [1.29, 1.82) is 0 Å². The second-order valence-electron chi connectivity index (χ2n) is 15.6. The van der Waals surface area contributed by atoms with Crippen LogP contribution in [0.15, 0.2) is 158 Å². The number of primary amides is 2. The van der Waals surface area contributed by atoms with E-state index in [-0.39, 0.29) is 30.6 Å². The SMILES string of the molecule is C.NC(=O)c1c(-c2ccc(Oc3ccccc3)cc2)nc2n1NCCC2c1ccccc1N.NC(=O)c1c(-c2ccc(Oc3ccccc3)cc2)nc2n1NCCC2c1ccccc1[N+](=O)[O-]. The second kappa shape index (κ2) is 19.4. The van der Waals surface area contributed by atoms with Crippen LogP contribution in [-0.2, 0) is 0 Å². The normalized spacial score (nSPS) is 14.6. The molecule has 2 amide bonds. The Labute approximate surface area is 386 Å². The number of para-hydroxylation sites is 4. The summed E-state index contributed by atoms with van der Waals surface area (Å²) in [6.45, 7) is 1.18. The first-order valence-electron chi connectivity index (χ1n) is 21.2. The minimum Gasteiger partial charge on any atom is -0.457 e. The lowest BCUT2D eigenvalue weighted by Crippen LogP contribution is -2.32. The highest BCUT2D eigenvalue weighted by Gasteiger charge is 2.35. The number of anilines is 1. The van der Waals surface area contributed by atoms with Gasteiger partial charge in [0, 0.05) is 47.5 Å². The Morgan fingerprint density at radius 1 is 0.567 bits per heavy atom. The van der Waals surface area contributed by atoms with Crippen molar-refractivity contribution in [2.75, 3.05) is 29.7 Å². The molecule has 0 fully saturated rings. The third-order valence-electron chi connectivity index (χ3n) is 11.4. The highest BCUT2D eigenvalue weighted by atomic mass is 16.6. The van der Waals surface area contributed by atoms with Crippen molar-refractivity contribution < 1.29 is 24.0 Å². The van der Waals surface area contributed by atoms with Crippen LogP contribution in [0.1, 0.15) is 75.9 Å². The number of imidazole rings is 2. The van der Waals surface area contributed by atoms with Crippen molar-refractivity contribution >= 4 is 23.2 Å². The highest BCUT2D eigenvalue weighted by Crippen LogP contribution is 2.39. The number of ether oxygens (including phenoxy) is 2. The number of carbonyl (C=O) groups is 2. The van der Waals surface area contributed by atoms with Gasteiger partial charge in [0.1, 0.15) is 46.0 Å². The smallest absolute Gasteiger partial charge is 0.273 e. The number of nitro groups is 1. The van der Waals surface area contributed by atoms with Crippen LogP contribution in [0.5, 0.6) is 23.0 Å². The summed E-state index contributed by atoms with van der Waals surface area (Å²) in [5, 5.41) is 11.6. The number of nitrogen functional groups attached to an aromatic ring is 1. The van der Waals surface area contributed by atoms with Crippen LogP contribution in [0.25, 0.3) is 22.5 Å². The third-order valence-corrected chi connectivity index (χ3v) is 11.4. The molecule has 10 rings (SSSR count). The largest absolute Gasteiger partial charge is 0.457 e. The number of carbonyl (C=O) groups excluding carboxylic acids is 2. The maximum absolute atomic E-state index is 12.4. The fraction of sp³-hybridized carbons (Fsp3) is 0.137. The molecule has 8 N–H and O–H groups in total. The van der Waals surface area contributed by atoms with Crippen molar-refractivity contribution in [2.45, 2.75) is 32.1 Å². The highest BCUT2D eigenvalue weighted by molar-refractivity contribution is 5.98. The second-order valence-corrected chi connectivity index (χ2v) is 15.6. The minimum absolute atomic E-state index is 0. The van der Waals surface area contributed by atoms with Gasteiger partial charge in [-0.3, -0.25) is 19.7 Å². The van der Waals surface area contributed by atoms with Gasteiger partial charge in [-0.05, 0) is 97.3 Å². The van der Waals surface area contributed by atoms with E-state index in [1.54, 1.807) is 51.8 Å². The number of hydrogen-bond donors (Lipinski definition) is 5. The molecular weight excluding hydrogens is 849 g/mol. The molecule has 0 saturated heterocycles.